The average Bonchev–Trinajstić information content (AvgIpc) is 2.93. The molecule has 0 spiro atoms. The first kappa shape index (κ1) is 22.5. The maximum absolute atomic E-state index is 14.3. The third-order valence-corrected chi connectivity index (χ3v) is 5.24. The van der Waals surface area contributed by atoms with Gasteiger partial charge in [-0.25, -0.2) is 14.1 Å². The number of rotatable bonds is 5. The molecular formula is C24H26FNO5. The van der Waals surface area contributed by atoms with Gasteiger partial charge >= 0.3 is 6.09 Å². The molecule has 0 aromatic heterocycles. The van der Waals surface area contributed by atoms with Crippen LogP contribution in [-0.2, 0) is 19.7 Å². The number of methoxy groups -OCH3 is 1. The van der Waals surface area contributed by atoms with Crippen LogP contribution in [0.1, 0.15) is 51.7 Å². The Hall–Kier alpha value is -3.22. The molecule has 0 saturated carbocycles. The summed E-state index contributed by atoms with van der Waals surface area (Å²) in [6.07, 6.45) is -0.678. The Morgan fingerprint density at radius 3 is 2.29 bits per heavy atom. The summed E-state index contributed by atoms with van der Waals surface area (Å²) in [5.41, 5.74) is -1.12. The van der Waals surface area contributed by atoms with Gasteiger partial charge in [-0.15, -0.1) is 0 Å². The van der Waals surface area contributed by atoms with E-state index in [1.807, 2.05) is 0 Å². The van der Waals surface area contributed by atoms with Crippen LogP contribution in [0.25, 0.3) is 0 Å². The van der Waals surface area contributed by atoms with Crippen molar-refractivity contribution in [2.75, 3.05) is 12.0 Å². The van der Waals surface area contributed by atoms with Crippen molar-refractivity contribution in [2.45, 2.75) is 51.6 Å². The van der Waals surface area contributed by atoms with Crippen LogP contribution in [0.3, 0.4) is 0 Å². The Balaban J connectivity index is 2.23. The second kappa shape index (κ2) is 8.13. The molecule has 1 atom stereocenters. The van der Waals surface area contributed by atoms with Gasteiger partial charge in [-0.05, 0) is 75.6 Å². The van der Waals surface area contributed by atoms with Crippen LogP contribution in [-0.4, -0.2) is 30.5 Å². The molecule has 164 valence electrons. The standard InChI is InChI=1S/C24H26FNO5/c1-15(27)12-13-24(16-6-9-18(30-5)10-7-16)19-14-17(25)8-11-20(19)26(21(24)28)22(29)31-23(2,3)4/h6-11,14H,12-13H2,1-5H3/t24-/m1/s1. The number of ether oxygens (including phenoxy) is 2. The number of ketones is 1. The Bertz CT molecular complexity index is 1030. The summed E-state index contributed by atoms with van der Waals surface area (Å²) in [4.78, 5) is 39.6. The zero-order chi connectivity index (χ0) is 23.0. The molecular weight excluding hydrogens is 401 g/mol. The number of Topliss-reactive ketones (excluding diaryl/α,β-unsaturated/α-hetero) is 1. The molecule has 6 nitrogen and oxygen atoms in total. The van der Waals surface area contributed by atoms with E-state index in [2.05, 4.69) is 0 Å². The summed E-state index contributed by atoms with van der Waals surface area (Å²) in [5, 5.41) is 0. The highest BCUT2D eigenvalue weighted by Gasteiger charge is 2.54. The van der Waals surface area contributed by atoms with Crippen molar-refractivity contribution in [1.29, 1.82) is 0 Å². The molecule has 31 heavy (non-hydrogen) atoms. The number of carbonyl (C=O) groups is 3. The summed E-state index contributed by atoms with van der Waals surface area (Å²) in [6.45, 7) is 6.52. The van der Waals surface area contributed by atoms with Gasteiger partial charge in [0.15, 0.2) is 0 Å². The van der Waals surface area contributed by atoms with Crippen LogP contribution in [0.2, 0.25) is 0 Å². The molecule has 0 bridgehead atoms. The van der Waals surface area contributed by atoms with Crippen LogP contribution in [0.15, 0.2) is 42.5 Å². The van der Waals surface area contributed by atoms with E-state index in [0.29, 0.717) is 16.9 Å². The molecule has 1 aliphatic rings. The first-order chi connectivity index (χ1) is 14.5. The summed E-state index contributed by atoms with van der Waals surface area (Å²) in [5.74, 6) is -0.652. The number of hydrogen-bond donors (Lipinski definition) is 0. The maximum atomic E-state index is 14.3. The fraction of sp³-hybridized carbons (Fsp3) is 0.375. The minimum absolute atomic E-state index is 0.0792. The topological polar surface area (TPSA) is 72.9 Å². The summed E-state index contributed by atoms with van der Waals surface area (Å²) in [7, 11) is 1.52. The normalized spacial score (nSPS) is 18.0. The van der Waals surface area contributed by atoms with Gasteiger partial charge in [0.25, 0.3) is 5.91 Å². The van der Waals surface area contributed by atoms with E-state index in [1.54, 1.807) is 45.0 Å². The van der Waals surface area contributed by atoms with Gasteiger partial charge in [-0.2, -0.15) is 0 Å². The monoisotopic (exact) mass is 427 g/mol. The van der Waals surface area contributed by atoms with Crippen LogP contribution in [0.5, 0.6) is 5.75 Å². The molecule has 3 rings (SSSR count). The molecule has 7 heteroatoms. The molecule has 2 amide bonds. The van der Waals surface area contributed by atoms with E-state index in [-0.39, 0.29) is 24.3 Å². The SMILES string of the molecule is COc1ccc([C@@]2(CCC(C)=O)C(=O)N(C(=O)OC(C)(C)C)c3ccc(F)cc32)cc1. The van der Waals surface area contributed by atoms with Crippen molar-refractivity contribution >= 4 is 23.5 Å². The molecule has 1 aliphatic heterocycles. The van der Waals surface area contributed by atoms with Crippen LogP contribution in [0.4, 0.5) is 14.9 Å². The highest BCUT2D eigenvalue weighted by atomic mass is 19.1. The van der Waals surface area contributed by atoms with Gasteiger partial charge in [0.1, 0.15) is 28.4 Å². The maximum Gasteiger partial charge on any atom is 0.421 e. The molecule has 0 radical (unpaired) electrons. The van der Waals surface area contributed by atoms with Gasteiger partial charge in [0, 0.05) is 6.42 Å². The van der Waals surface area contributed by atoms with Gasteiger partial charge in [0.2, 0.25) is 0 Å². The van der Waals surface area contributed by atoms with Crippen molar-refractivity contribution in [1.82, 2.24) is 0 Å². The van der Waals surface area contributed by atoms with Crippen molar-refractivity contribution in [3.05, 3.63) is 59.4 Å². The Labute approximate surface area is 180 Å². The van der Waals surface area contributed by atoms with Crippen molar-refractivity contribution < 1.29 is 28.2 Å². The van der Waals surface area contributed by atoms with Crippen molar-refractivity contribution in [2.24, 2.45) is 0 Å². The van der Waals surface area contributed by atoms with Gasteiger partial charge < -0.3 is 14.3 Å². The lowest BCUT2D eigenvalue weighted by Gasteiger charge is -2.30. The van der Waals surface area contributed by atoms with E-state index in [4.69, 9.17) is 9.47 Å². The first-order valence-corrected chi connectivity index (χ1v) is 10.0. The minimum Gasteiger partial charge on any atom is -0.497 e. The lowest BCUT2D eigenvalue weighted by Crippen LogP contribution is -2.46. The Morgan fingerprint density at radius 2 is 1.74 bits per heavy atom. The minimum atomic E-state index is -1.41. The second-order valence-electron chi connectivity index (χ2n) is 8.62. The van der Waals surface area contributed by atoms with E-state index in [1.165, 1.54) is 32.2 Å². The van der Waals surface area contributed by atoms with Gasteiger partial charge in [-0.3, -0.25) is 4.79 Å². The number of hydrogen-bond acceptors (Lipinski definition) is 5. The highest BCUT2D eigenvalue weighted by molar-refractivity contribution is 6.22. The van der Waals surface area contributed by atoms with E-state index >= 15 is 0 Å². The molecule has 0 saturated heterocycles. The molecule has 1 heterocycles. The second-order valence-corrected chi connectivity index (χ2v) is 8.62. The summed E-state index contributed by atoms with van der Waals surface area (Å²) < 4.78 is 25.0. The molecule has 0 aliphatic carbocycles. The predicted octanol–water partition coefficient (Wildman–Crippen LogP) is 4.77. The van der Waals surface area contributed by atoms with E-state index < -0.39 is 28.8 Å². The van der Waals surface area contributed by atoms with E-state index in [0.717, 1.165) is 4.90 Å². The van der Waals surface area contributed by atoms with Crippen LogP contribution >= 0.6 is 0 Å². The number of imide groups is 1. The fourth-order valence-electron chi connectivity index (χ4n) is 3.85. The highest BCUT2D eigenvalue weighted by Crippen LogP contribution is 2.50. The lowest BCUT2D eigenvalue weighted by atomic mass is 9.71. The molecule has 0 N–H and O–H groups in total. The van der Waals surface area contributed by atoms with Gasteiger partial charge in [0.05, 0.1) is 12.8 Å². The average molecular weight is 427 g/mol. The molecule has 0 fully saturated rings. The number of benzene rings is 2. The summed E-state index contributed by atoms with van der Waals surface area (Å²) in [6, 6.07) is 10.6. The Morgan fingerprint density at radius 1 is 1.10 bits per heavy atom. The number of carbonyl (C=O) groups excluding carboxylic acids is 3. The third-order valence-electron chi connectivity index (χ3n) is 5.24. The number of halogens is 1. The quantitative estimate of drug-likeness (QED) is 0.687. The largest absolute Gasteiger partial charge is 0.497 e. The zero-order valence-electron chi connectivity index (χ0n) is 18.3. The predicted molar refractivity (Wildman–Crippen MR) is 114 cm³/mol. The number of fused-ring (bicyclic) bond motifs is 1. The van der Waals surface area contributed by atoms with Gasteiger partial charge in [-0.1, -0.05) is 12.1 Å². The smallest absolute Gasteiger partial charge is 0.421 e. The number of anilines is 1. The Kier molecular flexibility index (Phi) is 5.89. The lowest BCUT2D eigenvalue weighted by molar-refractivity contribution is -0.122. The van der Waals surface area contributed by atoms with Crippen molar-refractivity contribution in [3.8, 4) is 5.75 Å². The number of nitrogens with zero attached hydrogens (tertiary/aromatic N) is 1. The van der Waals surface area contributed by atoms with E-state index in [9.17, 15) is 18.8 Å². The molecule has 2 aromatic carbocycles. The molecule has 2 aromatic rings. The van der Waals surface area contributed by atoms with Crippen LogP contribution in [0, 0.1) is 5.82 Å². The van der Waals surface area contributed by atoms with Crippen LogP contribution < -0.4 is 9.64 Å². The number of amides is 2. The summed E-state index contributed by atoms with van der Waals surface area (Å²) >= 11 is 0. The third kappa shape index (κ3) is 4.17. The molecule has 0 unspecified atom stereocenters. The van der Waals surface area contributed by atoms with Crippen molar-refractivity contribution in [3.63, 3.8) is 0 Å². The fourth-order valence-corrected chi connectivity index (χ4v) is 3.85. The first-order valence-electron chi connectivity index (χ1n) is 10.0. The zero-order valence-corrected chi connectivity index (χ0v) is 18.3.